The third-order valence-electron chi connectivity index (χ3n) is 4.79. The predicted octanol–water partition coefficient (Wildman–Crippen LogP) is 4.91. The van der Waals surface area contributed by atoms with Crippen LogP contribution in [-0.2, 0) is 11.2 Å². The Morgan fingerprint density at radius 1 is 1.06 bits per heavy atom. The maximum Gasteiger partial charge on any atom is 0.257 e. The highest BCUT2D eigenvalue weighted by Crippen LogP contribution is 2.29. The Morgan fingerprint density at radius 3 is 2.72 bits per heavy atom. The number of amides is 2. The highest BCUT2D eigenvalue weighted by molar-refractivity contribution is 7.18. The van der Waals surface area contributed by atoms with Gasteiger partial charge in [0.2, 0.25) is 5.91 Å². The zero-order valence-electron chi connectivity index (χ0n) is 17.5. The van der Waals surface area contributed by atoms with Crippen molar-refractivity contribution in [2.75, 3.05) is 17.7 Å². The molecule has 7 nitrogen and oxygen atoms in total. The number of aryl methyl sites for hydroxylation is 1. The molecule has 32 heavy (non-hydrogen) atoms. The Morgan fingerprint density at radius 2 is 1.94 bits per heavy atom. The molecule has 0 aliphatic rings. The van der Waals surface area contributed by atoms with E-state index < -0.39 is 0 Å². The summed E-state index contributed by atoms with van der Waals surface area (Å²) in [6.07, 6.45) is 4.95. The standard InChI is InChI=1S/C24H22N4O3S/c1-31-20-14-17(11-12-18(20)28-24(30)16-6-5-13-25-15-16)26-22(29)9-4-10-23-27-19-7-2-3-8-21(19)32-23/h2-3,5-8,11-15H,4,9-10H2,1H3,(H,26,29)(H,28,30). The summed E-state index contributed by atoms with van der Waals surface area (Å²) in [4.78, 5) is 33.3. The number of nitrogens with zero attached hydrogens (tertiary/aromatic N) is 2. The Labute approximate surface area is 189 Å². The zero-order chi connectivity index (χ0) is 22.3. The van der Waals surface area contributed by atoms with E-state index in [1.54, 1.807) is 47.9 Å². The lowest BCUT2D eigenvalue weighted by Crippen LogP contribution is -2.14. The Bertz CT molecular complexity index is 1210. The predicted molar refractivity (Wildman–Crippen MR) is 126 cm³/mol. The number of nitrogens with one attached hydrogen (secondary N) is 2. The minimum absolute atomic E-state index is 0.0830. The number of thiazole rings is 1. The van der Waals surface area contributed by atoms with Crippen LogP contribution < -0.4 is 15.4 Å². The van der Waals surface area contributed by atoms with Crippen molar-refractivity contribution in [2.45, 2.75) is 19.3 Å². The second kappa shape index (κ2) is 10.0. The molecule has 0 radical (unpaired) electrons. The van der Waals surface area contributed by atoms with Crippen molar-refractivity contribution in [3.63, 3.8) is 0 Å². The molecule has 0 unspecified atom stereocenters. The van der Waals surface area contributed by atoms with Crippen LogP contribution in [0.3, 0.4) is 0 Å². The second-order valence-electron chi connectivity index (χ2n) is 7.09. The summed E-state index contributed by atoms with van der Waals surface area (Å²) in [5, 5.41) is 6.72. The molecule has 8 heteroatoms. The maximum absolute atomic E-state index is 12.4. The average molecular weight is 447 g/mol. The van der Waals surface area contributed by atoms with Crippen molar-refractivity contribution in [3.05, 3.63) is 77.6 Å². The lowest BCUT2D eigenvalue weighted by Gasteiger charge is -2.12. The summed E-state index contributed by atoms with van der Waals surface area (Å²) in [6.45, 7) is 0. The van der Waals surface area contributed by atoms with Gasteiger partial charge in [0.25, 0.3) is 5.91 Å². The van der Waals surface area contributed by atoms with Crippen LogP contribution >= 0.6 is 11.3 Å². The first-order valence-corrected chi connectivity index (χ1v) is 11.0. The minimum atomic E-state index is -0.289. The molecule has 0 atom stereocenters. The summed E-state index contributed by atoms with van der Waals surface area (Å²) in [5.74, 6) is 0.0814. The van der Waals surface area contributed by atoms with Gasteiger partial charge in [0.05, 0.1) is 33.6 Å². The molecule has 0 fully saturated rings. The molecule has 2 aromatic carbocycles. The fraction of sp³-hybridized carbons (Fsp3) is 0.167. The molecule has 0 saturated carbocycles. The van der Waals surface area contributed by atoms with E-state index in [1.807, 2.05) is 18.2 Å². The first-order valence-electron chi connectivity index (χ1n) is 10.2. The summed E-state index contributed by atoms with van der Waals surface area (Å²) in [7, 11) is 1.51. The molecular weight excluding hydrogens is 424 g/mol. The van der Waals surface area contributed by atoms with Crippen LogP contribution in [0.5, 0.6) is 5.75 Å². The minimum Gasteiger partial charge on any atom is -0.494 e. The fourth-order valence-electron chi connectivity index (χ4n) is 3.21. The van der Waals surface area contributed by atoms with Crippen LogP contribution in [0.4, 0.5) is 11.4 Å². The molecule has 4 rings (SSSR count). The Hall–Kier alpha value is -3.78. The molecular formula is C24H22N4O3S. The number of rotatable bonds is 8. The number of carbonyl (C=O) groups is 2. The first-order chi connectivity index (χ1) is 15.6. The van der Waals surface area contributed by atoms with Crippen molar-refractivity contribution >= 4 is 44.7 Å². The van der Waals surface area contributed by atoms with Gasteiger partial charge in [0, 0.05) is 30.6 Å². The molecule has 162 valence electrons. The van der Waals surface area contributed by atoms with Gasteiger partial charge >= 0.3 is 0 Å². The first kappa shape index (κ1) is 21.5. The van der Waals surface area contributed by atoms with Crippen molar-refractivity contribution in [3.8, 4) is 5.75 Å². The van der Waals surface area contributed by atoms with Crippen LogP contribution in [0.2, 0.25) is 0 Å². The largest absolute Gasteiger partial charge is 0.494 e. The van der Waals surface area contributed by atoms with Gasteiger partial charge in [-0.1, -0.05) is 12.1 Å². The van der Waals surface area contributed by atoms with Crippen molar-refractivity contribution in [1.29, 1.82) is 0 Å². The molecule has 0 saturated heterocycles. The zero-order valence-corrected chi connectivity index (χ0v) is 18.3. The SMILES string of the molecule is COc1cc(NC(=O)CCCc2nc3ccccc3s2)ccc1NC(=O)c1cccnc1. The topological polar surface area (TPSA) is 93.2 Å². The van der Waals surface area contributed by atoms with E-state index in [1.165, 1.54) is 13.3 Å². The van der Waals surface area contributed by atoms with Gasteiger partial charge < -0.3 is 15.4 Å². The lowest BCUT2D eigenvalue weighted by atomic mass is 10.2. The fourth-order valence-corrected chi connectivity index (χ4v) is 4.22. The van der Waals surface area contributed by atoms with E-state index >= 15 is 0 Å². The van der Waals surface area contributed by atoms with Crippen LogP contribution in [0.25, 0.3) is 10.2 Å². The van der Waals surface area contributed by atoms with E-state index in [9.17, 15) is 9.59 Å². The van der Waals surface area contributed by atoms with Crippen molar-refractivity contribution in [1.82, 2.24) is 9.97 Å². The van der Waals surface area contributed by atoms with Gasteiger partial charge in [-0.2, -0.15) is 0 Å². The average Bonchev–Trinajstić information content (AvgIpc) is 3.23. The number of ether oxygens (including phenoxy) is 1. The van der Waals surface area contributed by atoms with Gasteiger partial charge in [-0.05, 0) is 49.2 Å². The Kier molecular flexibility index (Phi) is 6.72. The third kappa shape index (κ3) is 5.28. The number of para-hydroxylation sites is 1. The highest BCUT2D eigenvalue weighted by Gasteiger charge is 2.12. The molecule has 0 spiro atoms. The van der Waals surface area contributed by atoms with Gasteiger partial charge in [0.15, 0.2) is 0 Å². The number of methoxy groups -OCH3 is 1. The molecule has 2 amide bonds. The van der Waals surface area contributed by atoms with Crippen molar-refractivity contribution < 1.29 is 14.3 Å². The summed E-state index contributed by atoms with van der Waals surface area (Å²) in [6, 6.07) is 16.5. The van der Waals surface area contributed by atoms with E-state index in [2.05, 4.69) is 26.7 Å². The number of fused-ring (bicyclic) bond motifs is 1. The smallest absolute Gasteiger partial charge is 0.257 e. The molecule has 0 aliphatic carbocycles. The summed E-state index contributed by atoms with van der Waals surface area (Å²) < 4.78 is 6.55. The van der Waals surface area contributed by atoms with Crippen LogP contribution in [0, 0.1) is 0 Å². The highest BCUT2D eigenvalue weighted by atomic mass is 32.1. The van der Waals surface area contributed by atoms with Gasteiger partial charge in [-0.25, -0.2) is 4.98 Å². The molecule has 0 bridgehead atoms. The number of anilines is 2. The van der Waals surface area contributed by atoms with E-state index in [-0.39, 0.29) is 11.8 Å². The summed E-state index contributed by atoms with van der Waals surface area (Å²) >= 11 is 1.66. The van der Waals surface area contributed by atoms with Crippen LogP contribution in [0.1, 0.15) is 28.2 Å². The number of benzene rings is 2. The normalized spacial score (nSPS) is 10.7. The monoisotopic (exact) mass is 446 g/mol. The quantitative estimate of drug-likeness (QED) is 0.401. The Balaban J connectivity index is 1.32. The molecule has 2 N–H and O–H groups in total. The lowest BCUT2D eigenvalue weighted by molar-refractivity contribution is -0.116. The molecule has 2 heterocycles. The van der Waals surface area contributed by atoms with Crippen LogP contribution in [-0.4, -0.2) is 28.9 Å². The van der Waals surface area contributed by atoms with Crippen molar-refractivity contribution in [2.24, 2.45) is 0 Å². The number of carbonyl (C=O) groups excluding carboxylic acids is 2. The number of hydrogen-bond donors (Lipinski definition) is 2. The number of hydrogen-bond acceptors (Lipinski definition) is 6. The van der Waals surface area contributed by atoms with Gasteiger partial charge in [0.1, 0.15) is 5.75 Å². The number of pyridine rings is 1. The third-order valence-corrected chi connectivity index (χ3v) is 5.89. The molecule has 0 aliphatic heterocycles. The number of aromatic nitrogens is 2. The maximum atomic E-state index is 12.4. The van der Waals surface area contributed by atoms with E-state index in [0.29, 0.717) is 35.5 Å². The summed E-state index contributed by atoms with van der Waals surface area (Å²) in [5.41, 5.74) is 2.56. The van der Waals surface area contributed by atoms with E-state index in [4.69, 9.17) is 4.74 Å². The van der Waals surface area contributed by atoms with E-state index in [0.717, 1.165) is 21.6 Å². The second-order valence-corrected chi connectivity index (χ2v) is 8.20. The molecule has 2 aromatic heterocycles. The van der Waals surface area contributed by atoms with Gasteiger partial charge in [-0.3, -0.25) is 14.6 Å². The molecule has 4 aromatic rings. The van der Waals surface area contributed by atoms with Crippen LogP contribution in [0.15, 0.2) is 67.0 Å². The van der Waals surface area contributed by atoms with Gasteiger partial charge in [-0.15, -0.1) is 11.3 Å².